The van der Waals surface area contributed by atoms with E-state index < -0.39 is 25.9 Å². The van der Waals surface area contributed by atoms with Crippen molar-refractivity contribution in [2.75, 3.05) is 27.9 Å². The van der Waals surface area contributed by atoms with Gasteiger partial charge in [-0.2, -0.15) is 0 Å². The van der Waals surface area contributed by atoms with E-state index >= 15 is 0 Å². The number of aryl methyl sites for hydroxylation is 1. The number of sulfonamides is 2. The normalized spacial score (nSPS) is 14.4. The third-order valence-electron chi connectivity index (χ3n) is 4.63. The molecule has 1 aliphatic heterocycles. The van der Waals surface area contributed by atoms with Gasteiger partial charge in [-0.3, -0.25) is 9.03 Å². The second-order valence-electron chi connectivity index (χ2n) is 6.55. The SMILES string of the molecule is CCOc1ccc(S(=O)(=O)Nc2ccc3c(c2)N(S(=O)(=O)CC)CCC3)cc1F. The van der Waals surface area contributed by atoms with Crippen LogP contribution in [0.15, 0.2) is 41.3 Å². The maximum absolute atomic E-state index is 14.1. The van der Waals surface area contributed by atoms with Crippen molar-refractivity contribution in [3.05, 3.63) is 47.8 Å². The molecule has 0 saturated heterocycles. The summed E-state index contributed by atoms with van der Waals surface area (Å²) < 4.78 is 73.0. The molecule has 0 unspecified atom stereocenters. The molecule has 1 N–H and O–H groups in total. The fourth-order valence-corrected chi connectivity index (χ4v) is 5.43. The van der Waals surface area contributed by atoms with Crippen LogP contribution in [0.2, 0.25) is 0 Å². The lowest BCUT2D eigenvalue weighted by molar-refractivity contribution is 0.321. The van der Waals surface area contributed by atoms with E-state index in [-0.39, 0.29) is 28.7 Å². The van der Waals surface area contributed by atoms with Crippen LogP contribution in [0.5, 0.6) is 5.75 Å². The smallest absolute Gasteiger partial charge is 0.262 e. The number of hydrogen-bond acceptors (Lipinski definition) is 5. The Morgan fingerprint density at radius 3 is 2.52 bits per heavy atom. The van der Waals surface area contributed by atoms with E-state index in [1.807, 2.05) is 0 Å². The Kier molecular flexibility index (Phi) is 6.04. The molecule has 10 heteroatoms. The van der Waals surface area contributed by atoms with Crippen molar-refractivity contribution in [2.24, 2.45) is 0 Å². The average Bonchev–Trinajstić information content (AvgIpc) is 2.68. The minimum absolute atomic E-state index is 0.0272. The maximum atomic E-state index is 14.1. The van der Waals surface area contributed by atoms with Gasteiger partial charge in [0.25, 0.3) is 10.0 Å². The Bertz CT molecular complexity index is 1120. The molecule has 1 aliphatic rings. The molecule has 3 rings (SSSR count). The van der Waals surface area contributed by atoms with Crippen molar-refractivity contribution in [1.29, 1.82) is 0 Å². The molecule has 0 aliphatic carbocycles. The number of benzene rings is 2. The number of anilines is 2. The number of nitrogens with zero attached hydrogens (tertiary/aromatic N) is 1. The first-order valence-corrected chi connectivity index (χ1v) is 12.4. The van der Waals surface area contributed by atoms with Crippen LogP contribution < -0.4 is 13.8 Å². The first-order valence-electron chi connectivity index (χ1n) is 9.26. The van der Waals surface area contributed by atoms with Gasteiger partial charge in [-0.15, -0.1) is 0 Å². The molecule has 7 nitrogen and oxygen atoms in total. The van der Waals surface area contributed by atoms with Crippen molar-refractivity contribution in [3.8, 4) is 5.75 Å². The van der Waals surface area contributed by atoms with Crippen LogP contribution >= 0.6 is 0 Å². The van der Waals surface area contributed by atoms with Gasteiger partial charge in [0.15, 0.2) is 11.6 Å². The minimum Gasteiger partial charge on any atom is -0.491 e. The number of hydrogen-bond donors (Lipinski definition) is 1. The number of nitrogens with one attached hydrogen (secondary N) is 1. The molecule has 1 heterocycles. The van der Waals surface area contributed by atoms with E-state index in [0.29, 0.717) is 25.1 Å². The summed E-state index contributed by atoms with van der Waals surface area (Å²) in [6, 6.07) is 8.19. The second-order valence-corrected chi connectivity index (χ2v) is 10.4. The Labute approximate surface area is 170 Å². The highest BCUT2D eigenvalue weighted by molar-refractivity contribution is 7.93. The number of halogens is 1. The predicted octanol–water partition coefficient (Wildman–Crippen LogP) is 3.13. The Morgan fingerprint density at radius 2 is 1.86 bits per heavy atom. The van der Waals surface area contributed by atoms with Gasteiger partial charge in [0.2, 0.25) is 10.0 Å². The van der Waals surface area contributed by atoms with Crippen LogP contribution in [0, 0.1) is 5.82 Å². The van der Waals surface area contributed by atoms with E-state index in [9.17, 15) is 21.2 Å². The van der Waals surface area contributed by atoms with Gasteiger partial charge in [0.05, 0.1) is 28.6 Å². The standard InChI is InChI=1S/C19H23FN2O5S2/c1-3-27-19-10-9-16(13-17(19)20)29(25,26)21-15-8-7-14-6-5-11-22(18(14)12-15)28(23,24)4-2/h7-10,12-13,21H,3-6,11H2,1-2H3. The van der Waals surface area contributed by atoms with Gasteiger partial charge in [0.1, 0.15) is 0 Å². The first-order chi connectivity index (χ1) is 13.7. The zero-order chi connectivity index (χ0) is 21.2. The quantitative estimate of drug-likeness (QED) is 0.711. The van der Waals surface area contributed by atoms with Crippen molar-refractivity contribution in [3.63, 3.8) is 0 Å². The lowest BCUT2D eigenvalue weighted by Crippen LogP contribution is -2.36. The monoisotopic (exact) mass is 442 g/mol. The fraction of sp³-hybridized carbons (Fsp3) is 0.368. The number of fused-ring (bicyclic) bond motifs is 1. The van der Waals surface area contributed by atoms with Gasteiger partial charge >= 0.3 is 0 Å². The molecule has 0 fully saturated rings. The third-order valence-corrected chi connectivity index (χ3v) is 7.79. The van der Waals surface area contributed by atoms with Gasteiger partial charge in [-0.05, 0) is 62.6 Å². The van der Waals surface area contributed by atoms with E-state index in [1.54, 1.807) is 26.0 Å². The van der Waals surface area contributed by atoms with Crippen LogP contribution in [0.1, 0.15) is 25.8 Å². The second kappa shape index (κ2) is 8.19. The summed E-state index contributed by atoms with van der Waals surface area (Å²) in [7, 11) is -7.54. The number of rotatable bonds is 7. The van der Waals surface area contributed by atoms with Crippen molar-refractivity contribution >= 4 is 31.4 Å². The van der Waals surface area contributed by atoms with E-state index in [2.05, 4.69) is 4.72 Å². The highest BCUT2D eigenvalue weighted by Gasteiger charge is 2.27. The summed E-state index contributed by atoms with van der Waals surface area (Å²) in [5, 5.41) is 0. The number of ether oxygens (including phenoxy) is 1. The molecule has 0 atom stereocenters. The molecular formula is C19H23FN2O5S2. The zero-order valence-electron chi connectivity index (χ0n) is 16.2. The molecule has 0 aromatic heterocycles. The molecule has 0 radical (unpaired) electrons. The Balaban J connectivity index is 1.93. The van der Waals surface area contributed by atoms with Crippen molar-refractivity contribution < 1.29 is 26.0 Å². The summed E-state index contributed by atoms with van der Waals surface area (Å²) in [4.78, 5) is -0.255. The van der Waals surface area contributed by atoms with Crippen LogP contribution in [-0.4, -0.2) is 35.7 Å². The predicted molar refractivity (Wildman–Crippen MR) is 110 cm³/mol. The molecule has 0 amide bonds. The van der Waals surface area contributed by atoms with Crippen molar-refractivity contribution in [2.45, 2.75) is 31.6 Å². The molecule has 0 saturated carbocycles. The van der Waals surface area contributed by atoms with Gasteiger partial charge in [-0.1, -0.05) is 6.07 Å². The van der Waals surface area contributed by atoms with E-state index in [0.717, 1.165) is 11.6 Å². The molecule has 158 valence electrons. The summed E-state index contributed by atoms with van der Waals surface area (Å²) in [6.45, 7) is 3.87. The molecular weight excluding hydrogens is 419 g/mol. The molecule has 2 aromatic carbocycles. The summed E-state index contributed by atoms with van der Waals surface area (Å²) >= 11 is 0. The first kappa shape index (κ1) is 21.4. The van der Waals surface area contributed by atoms with Gasteiger partial charge in [0, 0.05) is 6.54 Å². The highest BCUT2D eigenvalue weighted by atomic mass is 32.2. The van der Waals surface area contributed by atoms with Crippen LogP contribution in [-0.2, 0) is 26.5 Å². The average molecular weight is 443 g/mol. The summed E-state index contributed by atoms with van der Waals surface area (Å²) in [5.41, 5.74) is 1.51. The Hall–Kier alpha value is -2.33. The molecule has 29 heavy (non-hydrogen) atoms. The molecule has 0 bridgehead atoms. The highest BCUT2D eigenvalue weighted by Crippen LogP contribution is 2.33. The van der Waals surface area contributed by atoms with E-state index in [4.69, 9.17) is 4.74 Å². The third kappa shape index (κ3) is 4.48. The molecule has 2 aromatic rings. The maximum Gasteiger partial charge on any atom is 0.262 e. The van der Waals surface area contributed by atoms with E-state index in [1.165, 1.54) is 22.5 Å². The Morgan fingerprint density at radius 1 is 1.10 bits per heavy atom. The fourth-order valence-electron chi connectivity index (χ4n) is 3.18. The molecule has 0 spiro atoms. The zero-order valence-corrected chi connectivity index (χ0v) is 17.8. The van der Waals surface area contributed by atoms with Gasteiger partial charge in [-0.25, -0.2) is 21.2 Å². The topological polar surface area (TPSA) is 92.8 Å². The van der Waals surface area contributed by atoms with Gasteiger partial charge < -0.3 is 4.74 Å². The summed E-state index contributed by atoms with van der Waals surface area (Å²) in [5.74, 6) is -0.852. The minimum atomic E-state index is -4.07. The van der Waals surface area contributed by atoms with Crippen LogP contribution in [0.25, 0.3) is 0 Å². The lowest BCUT2D eigenvalue weighted by Gasteiger charge is -2.30. The van der Waals surface area contributed by atoms with Crippen molar-refractivity contribution in [1.82, 2.24) is 0 Å². The largest absolute Gasteiger partial charge is 0.491 e. The lowest BCUT2D eigenvalue weighted by atomic mass is 10.0. The van der Waals surface area contributed by atoms with Crippen LogP contribution in [0.4, 0.5) is 15.8 Å². The summed E-state index contributed by atoms with van der Waals surface area (Å²) in [6.07, 6.45) is 1.41. The van der Waals surface area contributed by atoms with Crippen LogP contribution in [0.3, 0.4) is 0 Å².